The molecule has 1 aliphatic heterocycles. The number of hydrogen-bond donors (Lipinski definition) is 3. The van der Waals surface area contributed by atoms with Crippen molar-refractivity contribution in [1.82, 2.24) is 25.3 Å². The molecular weight excluding hydrogens is 666 g/mol. The van der Waals surface area contributed by atoms with Crippen molar-refractivity contribution < 1.29 is 38.6 Å². The van der Waals surface area contributed by atoms with Gasteiger partial charge in [-0.05, 0) is 57.0 Å². The van der Waals surface area contributed by atoms with E-state index in [-0.39, 0.29) is 59.8 Å². The molecule has 0 spiro atoms. The Morgan fingerprint density at radius 1 is 0.904 bits per heavy atom. The molecule has 0 unspecified atom stereocenters. The molecular formula is C39H71N5O8. The van der Waals surface area contributed by atoms with Gasteiger partial charge in [0.2, 0.25) is 23.6 Å². The molecule has 1 heterocycles. The Balaban J connectivity index is 3.28. The number of amides is 4. The van der Waals surface area contributed by atoms with Crippen LogP contribution in [0, 0.1) is 29.6 Å². The summed E-state index contributed by atoms with van der Waals surface area (Å²) in [6.07, 6.45) is 4.01. The van der Waals surface area contributed by atoms with Crippen LogP contribution in [0.25, 0.3) is 0 Å². The normalized spacial score (nSPS) is 19.7. The summed E-state index contributed by atoms with van der Waals surface area (Å²) < 4.78 is 11.9. The van der Waals surface area contributed by atoms with Gasteiger partial charge in [-0.15, -0.1) is 0 Å². The molecule has 1 fully saturated rings. The van der Waals surface area contributed by atoms with Crippen molar-refractivity contribution in [3.8, 4) is 0 Å². The molecule has 52 heavy (non-hydrogen) atoms. The average Bonchev–Trinajstić information content (AvgIpc) is 3.54. The Hall–Kier alpha value is -3.03. The maximum Gasteiger partial charge on any atom is 0.328 e. The van der Waals surface area contributed by atoms with Crippen molar-refractivity contribution in [2.45, 2.75) is 137 Å². The molecule has 0 radical (unpaired) electrons. The number of hydrogen-bond acceptors (Lipinski definition) is 8. The fourth-order valence-corrected chi connectivity index (χ4v) is 7.62. The van der Waals surface area contributed by atoms with Crippen molar-refractivity contribution in [2.75, 3.05) is 41.9 Å². The molecule has 0 aromatic heterocycles. The number of carbonyl (C=O) groups excluding carboxylic acids is 4. The van der Waals surface area contributed by atoms with Crippen LogP contribution >= 0.6 is 0 Å². The highest BCUT2D eigenvalue weighted by molar-refractivity contribution is 5.90. The molecule has 1 aliphatic rings. The largest absolute Gasteiger partial charge is 0.478 e. The first-order valence-electron chi connectivity index (χ1n) is 19.0. The van der Waals surface area contributed by atoms with Crippen molar-refractivity contribution in [3.05, 3.63) is 12.2 Å². The number of rotatable bonds is 22. The van der Waals surface area contributed by atoms with E-state index in [2.05, 4.69) is 10.6 Å². The van der Waals surface area contributed by atoms with Gasteiger partial charge in [-0.25, -0.2) is 4.79 Å². The van der Waals surface area contributed by atoms with Gasteiger partial charge in [-0.3, -0.25) is 24.1 Å². The highest BCUT2D eigenvalue weighted by atomic mass is 16.5. The van der Waals surface area contributed by atoms with Crippen LogP contribution in [0.5, 0.6) is 0 Å². The lowest BCUT2D eigenvalue weighted by atomic mass is 9.89. The van der Waals surface area contributed by atoms with Gasteiger partial charge in [0.15, 0.2) is 0 Å². The van der Waals surface area contributed by atoms with E-state index in [1.165, 1.54) is 13.2 Å². The van der Waals surface area contributed by atoms with E-state index < -0.39 is 48.3 Å². The van der Waals surface area contributed by atoms with Gasteiger partial charge in [0, 0.05) is 39.9 Å². The number of likely N-dealkylation sites (tertiary alicyclic amines) is 1. The zero-order valence-electron chi connectivity index (χ0n) is 34.5. The maximum atomic E-state index is 14.2. The number of carboxylic acid groups (broad SMARTS) is 1. The first-order chi connectivity index (χ1) is 24.2. The van der Waals surface area contributed by atoms with E-state index in [1.54, 1.807) is 30.9 Å². The molecule has 3 N–H and O–H groups in total. The number of ether oxygens (including phenoxy) is 2. The molecule has 0 saturated carbocycles. The zero-order valence-corrected chi connectivity index (χ0v) is 34.5. The minimum Gasteiger partial charge on any atom is -0.478 e. The smallest absolute Gasteiger partial charge is 0.328 e. The number of nitrogens with one attached hydrogen (secondary N) is 2. The summed E-state index contributed by atoms with van der Waals surface area (Å²) in [6, 6.07) is -2.45. The number of carbonyl (C=O) groups is 5. The third kappa shape index (κ3) is 13.4. The second kappa shape index (κ2) is 22.2. The van der Waals surface area contributed by atoms with E-state index in [0.717, 1.165) is 18.9 Å². The highest BCUT2D eigenvalue weighted by Gasteiger charge is 2.43. The molecule has 0 aromatic rings. The Morgan fingerprint density at radius 3 is 1.98 bits per heavy atom. The van der Waals surface area contributed by atoms with Crippen molar-refractivity contribution in [2.24, 2.45) is 29.6 Å². The average molecular weight is 738 g/mol. The fraction of sp³-hybridized carbons (Fsp3) is 0.821. The quantitative estimate of drug-likeness (QED) is 0.141. The summed E-state index contributed by atoms with van der Waals surface area (Å²) in [5, 5.41) is 15.1. The second-order valence-corrected chi connectivity index (χ2v) is 15.9. The number of methoxy groups -OCH3 is 2. The second-order valence-electron chi connectivity index (χ2n) is 15.9. The van der Waals surface area contributed by atoms with E-state index in [9.17, 15) is 24.0 Å². The summed E-state index contributed by atoms with van der Waals surface area (Å²) in [4.78, 5) is 71.7. The van der Waals surface area contributed by atoms with E-state index in [0.29, 0.717) is 19.4 Å². The third-order valence-electron chi connectivity index (χ3n) is 10.5. The number of carboxylic acids is 1. The molecule has 0 aromatic carbocycles. The first-order valence-corrected chi connectivity index (χ1v) is 19.0. The van der Waals surface area contributed by atoms with Gasteiger partial charge < -0.3 is 35.0 Å². The summed E-state index contributed by atoms with van der Waals surface area (Å²) in [6.45, 7) is 18.1. The van der Waals surface area contributed by atoms with Gasteiger partial charge in [0.1, 0.15) is 6.04 Å². The molecule has 0 bridgehead atoms. The summed E-state index contributed by atoms with van der Waals surface area (Å²) in [5.41, 5.74) is 0. The van der Waals surface area contributed by atoms with Crippen LogP contribution in [-0.2, 0) is 33.4 Å². The Bertz CT molecular complexity index is 1180. The van der Waals surface area contributed by atoms with E-state index in [4.69, 9.17) is 14.6 Å². The van der Waals surface area contributed by atoms with Gasteiger partial charge in [0.25, 0.3) is 0 Å². The van der Waals surface area contributed by atoms with Gasteiger partial charge in [0.05, 0.1) is 42.7 Å². The molecule has 0 aliphatic carbocycles. The Kier molecular flexibility index (Phi) is 20.1. The molecule has 13 nitrogen and oxygen atoms in total. The molecule has 9 atom stereocenters. The minimum atomic E-state index is -1.09. The van der Waals surface area contributed by atoms with Crippen molar-refractivity contribution in [3.63, 3.8) is 0 Å². The van der Waals surface area contributed by atoms with Gasteiger partial charge in [-0.2, -0.15) is 0 Å². The fourth-order valence-electron chi connectivity index (χ4n) is 7.62. The zero-order chi connectivity index (χ0) is 40.0. The van der Waals surface area contributed by atoms with Crippen molar-refractivity contribution >= 4 is 29.6 Å². The monoisotopic (exact) mass is 738 g/mol. The number of aliphatic carboxylic acids is 1. The van der Waals surface area contributed by atoms with Crippen LogP contribution in [0.15, 0.2) is 12.2 Å². The van der Waals surface area contributed by atoms with Crippen LogP contribution in [0.1, 0.15) is 94.4 Å². The van der Waals surface area contributed by atoms with E-state index in [1.807, 2.05) is 74.4 Å². The molecule has 1 saturated heterocycles. The first kappa shape index (κ1) is 47.0. The minimum absolute atomic E-state index is 0.0157. The van der Waals surface area contributed by atoms with Crippen LogP contribution in [0.2, 0.25) is 0 Å². The van der Waals surface area contributed by atoms with Crippen molar-refractivity contribution in [1.29, 1.82) is 0 Å². The molecule has 1 rings (SSSR count). The number of likely N-dealkylation sites (N-methyl/N-ethyl adjacent to an activating group) is 2. The summed E-state index contributed by atoms with van der Waals surface area (Å²) >= 11 is 0. The summed E-state index contributed by atoms with van der Waals surface area (Å²) in [5.74, 6) is -2.54. The van der Waals surface area contributed by atoms with Gasteiger partial charge >= 0.3 is 5.97 Å². The lowest BCUT2D eigenvalue weighted by Crippen LogP contribution is -2.59. The predicted molar refractivity (Wildman–Crippen MR) is 203 cm³/mol. The standard InChI is InChI=1S/C39H71N5O8/c1-15-26(8)35(43(12)39(50)33(24(4)5)41-38(49)34(25(6)7)42(10)11)30(51-13)22-31(45)44-20-16-17-29(44)36(52-14)27(9)37(48)40-28(21-23(2)3)18-19-32(46)47/h18-19,23-30,33-36H,15-17,20-22H2,1-14H3,(H,40,48)(H,41,49)(H,46,47)/b19-18+/t26-,27+,28+,29-,30+,33-,34-,35-,36+/m0/s1. The SMILES string of the molecule is CC[C@H](C)[C@@H]([C@@H](CC(=O)N1CCC[C@H]1[C@H](OC)[C@@H](C)C(=O)N[C@H](/C=C/C(=O)O)CC(C)C)OC)N(C)C(=O)[C@@H](NC(=O)[C@H](C(C)C)N(C)C)C(C)C. The van der Waals surface area contributed by atoms with E-state index >= 15 is 0 Å². The lowest BCUT2D eigenvalue weighted by Gasteiger charge is -2.41. The molecule has 13 heteroatoms. The highest BCUT2D eigenvalue weighted by Crippen LogP contribution is 2.30. The third-order valence-corrected chi connectivity index (χ3v) is 10.5. The van der Waals surface area contributed by atoms with Crippen LogP contribution in [0.4, 0.5) is 0 Å². The lowest BCUT2D eigenvalue weighted by molar-refractivity contribution is -0.148. The van der Waals surface area contributed by atoms with Gasteiger partial charge in [-0.1, -0.05) is 74.8 Å². The Labute approximate surface area is 313 Å². The number of nitrogens with zero attached hydrogens (tertiary/aromatic N) is 3. The predicted octanol–water partition coefficient (Wildman–Crippen LogP) is 3.81. The van der Waals surface area contributed by atoms with Crippen LogP contribution in [0.3, 0.4) is 0 Å². The topological polar surface area (TPSA) is 158 Å². The maximum absolute atomic E-state index is 14.2. The molecule has 300 valence electrons. The van der Waals surface area contributed by atoms with Crippen LogP contribution in [-0.4, -0.2) is 134 Å². The Morgan fingerprint density at radius 2 is 1.52 bits per heavy atom. The molecule has 4 amide bonds. The van der Waals surface area contributed by atoms with Crippen LogP contribution < -0.4 is 10.6 Å². The summed E-state index contributed by atoms with van der Waals surface area (Å²) in [7, 11) is 8.51.